The number of nitrogens with zero attached hydrogens (tertiary/aromatic N) is 2. The Labute approximate surface area is 125 Å². The highest BCUT2D eigenvalue weighted by Gasteiger charge is 2.23. The van der Waals surface area contributed by atoms with Crippen LogP contribution in [0, 0.1) is 0 Å². The summed E-state index contributed by atoms with van der Waals surface area (Å²) in [5, 5.41) is 13.5. The molecule has 0 spiro atoms. The third-order valence-electron chi connectivity index (χ3n) is 3.22. The minimum atomic E-state index is -1.09. The summed E-state index contributed by atoms with van der Waals surface area (Å²) in [5.41, 5.74) is 1.12. The van der Waals surface area contributed by atoms with E-state index in [4.69, 9.17) is 26.2 Å². The fourth-order valence-electron chi connectivity index (χ4n) is 2.26. The van der Waals surface area contributed by atoms with Crippen LogP contribution in [-0.4, -0.2) is 34.1 Å². The highest BCUT2D eigenvalue weighted by molar-refractivity contribution is 6.33. The third kappa shape index (κ3) is 2.42. The van der Waals surface area contributed by atoms with Gasteiger partial charge in [-0.15, -0.1) is 0 Å². The van der Waals surface area contributed by atoms with Crippen LogP contribution in [0.1, 0.15) is 16.9 Å². The second-order valence-electron chi connectivity index (χ2n) is 4.64. The van der Waals surface area contributed by atoms with E-state index in [1.807, 2.05) is 0 Å². The number of carbonyl (C=O) groups is 1. The lowest BCUT2D eigenvalue weighted by molar-refractivity contribution is 0.0689. The lowest BCUT2D eigenvalue weighted by Crippen LogP contribution is -2.01. The Balaban J connectivity index is 2.20. The van der Waals surface area contributed by atoms with Crippen molar-refractivity contribution in [1.82, 2.24) is 9.78 Å². The molecule has 1 aliphatic rings. The van der Waals surface area contributed by atoms with Gasteiger partial charge in [-0.1, -0.05) is 11.6 Å². The Morgan fingerprint density at radius 1 is 1.38 bits per heavy atom. The number of rotatable bonds is 2. The van der Waals surface area contributed by atoms with Crippen LogP contribution in [-0.2, 0) is 7.05 Å². The molecule has 0 bridgehead atoms. The largest absolute Gasteiger partial charge is 0.490 e. The number of halogens is 1. The molecule has 1 aliphatic heterocycles. The van der Waals surface area contributed by atoms with Crippen molar-refractivity contribution >= 4 is 17.6 Å². The van der Waals surface area contributed by atoms with Gasteiger partial charge in [-0.25, -0.2) is 4.79 Å². The Bertz CT molecular complexity index is 711. The number of aromatic nitrogens is 2. The number of fused-ring (bicyclic) bond motifs is 1. The number of carboxylic acid groups (broad SMARTS) is 1. The topological polar surface area (TPSA) is 73.6 Å². The van der Waals surface area contributed by atoms with E-state index in [-0.39, 0.29) is 5.69 Å². The van der Waals surface area contributed by atoms with E-state index < -0.39 is 5.97 Å². The number of ether oxygens (including phenoxy) is 2. The van der Waals surface area contributed by atoms with Crippen molar-refractivity contribution in [2.75, 3.05) is 13.2 Å². The van der Waals surface area contributed by atoms with Crippen molar-refractivity contribution < 1.29 is 19.4 Å². The van der Waals surface area contributed by atoms with Crippen molar-refractivity contribution in [3.05, 3.63) is 28.9 Å². The first-order chi connectivity index (χ1) is 10.1. The fraction of sp³-hybridized carbons (Fsp3) is 0.286. The van der Waals surface area contributed by atoms with Crippen LogP contribution in [0.4, 0.5) is 0 Å². The monoisotopic (exact) mass is 308 g/mol. The van der Waals surface area contributed by atoms with Gasteiger partial charge in [0.2, 0.25) is 0 Å². The molecule has 0 saturated carbocycles. The smallest absolute Gasteiger partial charge is 0.356 e. The molecule has 1 aromatic heterocycles. The molecule has 0 saturated heterocycles. The van der Waals surface area contributed by atoms with Crippen molar-refractivity contribution in [2.24, 2.45) is 7.05 Å². The summed E-state index contributed by atoms with van der Waals surface area (Å²) < 4.78 is 12.8. The molecule has 0 fully saturated rings. The van der Waals surface area contributed by atoms with E-state index in [2.05, 4.69) is 5.10 Å². The van der Waals surface area contributed by atoms with Crippen LogP contribution in [0.2, 0.25) is 5.02 Å². The van der Waals surface area contributed by atoms with E-state index in [9.17, 15) is 4.79 Å². The van der Waals surface area contributed by atoms with E-state index >= 15 is 0 Å². The molecule has 2 aromatic rings. The highest BCUT2D eigenvalue weighted by atomic mass is 35.5. The lowest BCUT2D eigenvalue weighted by Gasteiger charge is -2.14. The molecular formula is C14H13ClN2O4. The van der Waals surface area contributed by atoms with Crippen LogP contribution in [0.25, 0.3) is 11.3 Å². The van der Waals surface area contributed by atoms with Gasteiger partial charge in [0, 0.05) is 13.5 Å². The Hall–Kier alpha value is -2.21. The van der Waals surface area contributed by atoms with Gasteiger partial charge in [-0.05, 0) is 18.2 Å². The maximum absolute atomic E-state index is 11.1. The van der Waals surface area contributed by atoms with Crippen molar-refractivity contribution in [1.29, 1.82) is 0 Å². The van der Waals surface area contributed by atoms with Gasteiger partial charge in [-0.3, -0.25) is 4.68 Å². The van der Waals surface area contributed by atoms with Crippen molar-refractivity contribution in [3.8, 4) is 22.8 Å². The van der Waals surface area contributed by atoms with Gasteiger partial charge >= 0.3 is 5.97 Å². The molecule has 0 unspecified atom stereocenters. The number of carboxylic acids is 1. The third-order valence-corrected chi connectivity index (χ3v) is 3.53. The zero-order valence-corrected chi connectivity index (χ0v) is 12.1. The molecule has 6 nitrogen and oxygen atoms in total. The number of hydrogen-bond acceptors (Lipinski definition) is 4. The maximum atomic E-state index is 11.1. The van der Waals surface area contributed by atoms with Gasteiger partial charge in [0.15, 0.2) is 17.2 Å². The summed E-state index contributed by atoms with van der Waals surface area (Å²) in [6.07, 6.45) is 0.775. The normalized spacial score (nSPS) is 13.8. The minimum Gasteiger partial charge on any atom is -0.490 e. The van der Waals surface area contributed by atoms with Crippen LogP contribution in [0.15, 0.2) is 18.2 Å². The van der Waals surface area contributed by atoms with E-state index in [0.717, 1.165) is 6.42 Å². The summed E-state index contributed by atoms with van der Waals surface area (Å²) in [6.45, 7) is 1.09. The van der Waals surface area contributed by atoms with E-state index in [0.29, 0.717) is 41.0 Å². The lowest BCUT2D eigenvalue weighted by atomic mass is 10.1. The van der Waals surface area contributed by atoms with Crippen LogP contribution in [0.3, 0.4) is 0 Å². The fourth-order valence-corrected chi connectivity index (χ4v) is 2.50. The van der Waals surface area contributed by atoms with Gasteiger partial charge in [-0.2, -0.15) is 5.10 Å². The van der Waals surface area contributed by atoms with E-state index in [1.165, 1.54) is 10.7 Å². The number of aromatic carboxylic acids is 1. The molecule has 1 aromatic carbocycles. The molecule has 110 valence electrons. The van der Waals surface area contributed by atoms with E-state index in [1.54, 1.807) is 19.2 Å². The molecular weight excluding hydrogens is 296 g/mol. The average Bonchev–Trinajstić information content (AvgIpc) is 2.68. The average molecular weight is 309 g/mol. The molecule has 0 aliphatic carbocycles. The highest BCUT2D eigenvalue weighted by Crippen LogP contribution is 2.44. The van der Waals surface area contributed by atoms with Crippen LogP contribution in [0.5, 0.6) is 11.5 Å². The predicted molar refractivity (Wildman–Crippen MR) is 76.2 cm³/mol. The van der Waals surface area contributed by atoms with Gasteiger partial charge in [0.05, 0.1) is 29.5 Å². The molecule has 1 N–H and O–H groups in total. The van der Waals surface area contributed by atoms with Crippen LogP contribution < -0.4 is 9.47 Å². The molecule has 0 atom stereocenters. The van der Waals surface area contributed by atoms with Gasteiger partial charge < -0.3 is 14.6 Å². The zero-order valence-electron chi connectivity index (χ0n) is 11.3. The summed E-state index contributed by atoms with van der Waals surface area (Å²) >= 11 is 6.29. The quantitative estimate of drug-likeness (QED) is 0.923. The maximum Gasteiger partial charge on any atom is 0.356 e. The Morgan fingerprint density at radius 3 is 2.86 bits per heavy atom. The molecule has 0 amide bonds. The molecule has 7 heteroatoms. The van der Waals surface area contributed by atoms with Gasteiger partial charge in [0.1, 0.15) is 0 Å². The second-order valence-corrected chi connectivity index (χ2v) is 5.05. The summed E-state index contributed by atoms with van der Waals surface area (Å²) in [5.74, 6) is 0.0390. The first-order valence-corrected chi connectivity index (χ1v) is 6.81. The molecule has 2 heterocycles. The SMILES string of the molecule is Cn1nc(C(=O)O)cc1-c1c(Cl)ccc2c1OCCCO2. The van der Waals surface area contributed by atoms with Crippen LogP contribution >= 0.6 is 11.6 Å². The summed E-state index contributed by atoms with van der Waals surface area (Å²) in [7, 11) is 1.66. The predicted octanol–water partition coefficient (Wildman–Crippen LogP) is 2.60. The first-order valence-electron chi connectivity index (χ1n) is 6.43. The Morgan fingerprint density at radius 2 is 2.14 bits per heavy atom. The zero-order chi connectivity index (χ0) is 15.0. The molecule has 0 radical (unpaired) electrons. The number of aryl methyl sites for hydroxylation is 1. The minimum absolute atomic E-state index is 0.0456. The number of benzene rings is 1. The van der Waals surface area contributed by atoms with Gasteiger partial charge in [0.25, 0.3) is 0 Å². The Kier molecular flexibility index (Phi) is 3.47. The van der Waals surface area contributed by atoms with Crippen molar-refractivity contribution in [2.45, 2.75) is 6.42 Å². The summed E-state index contributed by atoms with van der Waals surface area (Å²) in [6, 6.07) is 4.93. The second kappa shape index (κ2) is 5.29. The molecule has 21 heavy (non-hydrogen) atoms. The molecule has 3 rings (SSSR count). The summed E-state index contributed by atoms with van der Waals surface area (Å²) in [4.78, 5) is 11.1. The van der Waals surface area contributed by atoms with Crippen molar-refractivity contribution in [3.63, 3.8) is 0 Å². The number of hydrogen-bond donors (Lipinski definition) is 1. The first kappa shape index (κ1) is 13.8. The standard InChI is InChI=1S/C14H13ClN2O4/c1-17-10(7-9(16-17)14(18)19)12-8(15)3-4-11-13(12)21-6-2-5-20-11/h3-4,7H,2,5-6H2,1H3,(H,18,19).